The molecule has 1 fully saturated rings. The number of nitrogens with zero attached hydrogens (tertiary/aromatic N) is 1. The lowest BCUT2D eigenvalue weighted by Crippen LogP contribution is -2.51. The van der Waals surface area contributed by atoms with Crippen molar-refractivity contribution in [2.45, 2.75) is 117 Å². The van der Waals surface area contributed by atoms with Crippen molar-refractivity contribution < 1.29 is 33.6 Å². The Labute approximate surface area is 181 Å². The molecule has 1 heterocycles. The van der Waals surface area contributed by atoms with Crippen LogP contribution < -0.4 is 0 Å². The van der Waals surface area contributed by atoms with Gasteiger partial charge in [-0.1, -0.05) is 13.8 Å². The van der Waals surface area contributed by atoms with Gasteiger partial charge in [-0.15, -0.1) is 0 Å². The first kappa shape index (κ1) is 26.7. The number of carbonyl (C=O) groups is 2. The third-order valence-corrected chi connectivity index (χ3v) is 5.08. The Balaban J connectivity index is 3.20. The minimum absolute atomic E-state index is 0.0323. The molecule has 1 amide bonds. The van der Waals surface area contributed by atoms with Crippen LogP contribution >= 0.6 is 0 Å². The molecular weight excluding hydrogens is 390 g/mol. The van der Waals surface area contributed by atoms with Gasteiger partial charge in [-0.3, -0.25) is 9.69 Å². The van der Waals surface area contributed by atoms with Crippen LogP contribution in [0.15, 0.2) is 0 Å². The van der Waals surface area contributed by atoms with Crippen LogP contribution in [0.5, 0.6) is 0 Å². The largest absolute Gasteiger partial charge is 0.466 e. The van der Waals surface area contributed by atoms with Crippen molar-refractivity contribution in [3.05, 3.63) is 0 Å². The van der Waals surface area contributed by atoms with E-state index in [2.05, 4.69) is 0 Å². The summed E-state index contributed by atoms with van der Waals surface area (Å²) in [6.07, 6.45) is 0.240. The summed E-state index contributed by atoms with van der Waals surface area (Å²) in [5.74, 6) is -0.341. The minimum atomic E-state index is -0.989. The van der Waals surface area contributed by atoms with Crippen molar-refractivity contribution in [2.75, 3.05) is 13.2 Å². The van der Waals surface area contributed by atoms with E-state index in [4.69, 9.17) is 18.9 Å². The first-order valence-electron chi connectivity index (χ1n) is 11.0. The number of aliphatic hydroxyl groups excluding tert-OH is 1. The van der Waals surface area contributed by atoms with Gasteiger partial charge in [-0.25, -0.2) is 4.79 Å². The van der Waals surface area contributed by atoms with Crippen LogP contribution in [0.1, 0.15) is 81.1 Å². The number of aliphatic hydroxyl groups is 1. The maximum absolute atomic E-state index is 13.1. The monoisotopic (exact) mass is 431 g/mol. The molecule has 30 heavy (non-hydrogen) atoms. The Morgan fingerprint density at radius 3 is 2.23 bits per heavy atom. The van der Waals surface area contributed by atoms with E-state index in [-0.39, 0.29) is 25.1 Å². The van der Waals surface area contributed by atoms with Crippen LogP contribution in [-0.4, -0.2) is 71.0 Å². The van der Waals surface area contributed by atoms with Crippen LogP contribution in [-0.2, 0) is 23.7 Å². The maximum Gasteiger partial charge on any atom is 0.412 e. The van der Waals surface area contributed by atoms with Gasteiger partial charge in [0, 0.05) is 6.42 Å². The van der Waals surface area contributed by atoms with Crippen LogP contribution in [0, 0.1) is 0 Å². The molecule has 0 saturated carbocycles. The van der Waals surface area contributed by atoms with Crippen molar-refractivity contribution in [2.24, 2.45) is 0 Å². The highest BCUT2D eigenvalue weighted by Gasteiger charge is 2.53. The lowest BCUT2D eigenvalue weighted by atomic mass is 9.99. The van der Waals surface area contributed by atoms with Crippen molar-refractivity contribution >= 4 is 12.1 Å². The molecule has 1 N–H and O–H groups in total. The van der Waals surface area contributed by atoms with Crippen molar-refractivity contribution in [1.82, 2.24) is 4.90 Å². The number of hydrogen-bond acceptors (Lipinski definition) is 7. The summed E-state index contributed by atoms with van der Waals surface area (Å²) in [5, 5.41) is 10.1. The van der Waals surface area contributed by atoms with Crippen molar-refractivity contribution in [1.29, 1.82) is 0 Å². The van der Waals surface area contributed by atoms with Gasteiger partial charge < -0.3 is 24.1 Å². The summed E-state index contributed by atoms with van der Waals surface area (Å²) < 4.78 is 23.0. The Morgan fingerprint density at radius 1 is 1.17 bits per heavy atom. The van der Waals surface area contributed by atoms with E-state index in [0.29, 0.717) is 13.0 Å². The van der Waals surface area contributed by atoms with E-state index in [9.17, 15) is 14.7 Å². The molecule has 0 spiro atoms. The summed E-state index contributed by atoms with van der Waals surface area (Å²) in [6, 6.07) is -0.509. The van der Waals surface area contributed by atoms with Gasteiger partial charge in [-0.2, -0.15) is 0 Å². The highest BCUT2D eigenvalue weighted by molar-refractivity contribution is 5.71. The van der Waals surface area contributed by atoms with Gasteiger partial charge in [-0.05, 0) is 60.8 Å². The SMILES string of the molecule is CCOC(=O)CC[C@H]1[C@H]([C@@H](CO)OC(CC)CC)OC(C)(C)N1C(=O)OC(C)(C)C. The zero-order valence-electron chi connectivity index (χ0n) is 19.9. The third-order valence-electron chi connectivity index (χ3n) is 5.08. The Kier molecular flexibility index (Phi) is 10.0. The number of ether oxygens (including phenoxy) is 4. The molecule has 0 aromatic carbocycles. The first-order chi connectivity index (χ1) is 13.9. The summed E-state index contributed by atoms with van der Waals surface area (Å²) >= 11 is 0. The third kappa shape index (κ3) is 7.39. The molecule has 176 valence electrons. The second-order valence-corrected chi connectivity index (χ2v) is 9.09. The number of amides is 1. The van der Waals surface area contributed by atoms with Crippen LogP contribution in [0.25, 0.3) is 0 Å². The molecule has 8 heteroatoms. The molecule has 0 unspecified atom stereocenters. The summed E-state index contributed by atoms with van der Waals surface area (Å²) in [5.41, 5.74) is -1.67. The molecule has 1 aliphatic heterocycles. The van der Waals surface area contributed by atoms with Gasteiger partial charge >= 0.3 is 12.1 Å². The predicted octanol–water partition coefficient (Wildman–Crippen LogP) is 3.64. The fourth-order valence-corrected chi connectivity index (χ4v) is 3.75. The van der Waals surface area contributed by atoms with Gasteiger partial charge in [0.2, 0.25) is 0 Å². The van der Waals surface area contributed by atoms with E-state index in [1.165, 1.54) is 4.90 Å². The molecular formula is C22H41NO7. The summed E-state index contributed by atoms with van der Waals surface area (Å²) in [4.78, 5) is 26.6. The van der Waals surface area contributed by atoms with E-state index in [1.54, 1.807) is 41.5 Å². The fraction of sp³-hybridized carbons (Fsp3) is 0.909. The summed E-state index contributed by atoms with van der Waals surface area (Å²) in [7, 11) is 0. The molecule has 0 bridgehead atoms. The molecule has 0 aromatic rings. The fourth-order valence-electron chi connectivity index (χ4n) is 3.75. The molecule has 0 aliphatic carbocycles. The lowest BCUT2D eigenvalue weighted by Gasteiger charge is -2.35. The maximum atomic E-state index is 13.1. The molecule has 1 aliphatic rings. The Morgan fingerprint density at radius 2 is 1.77 bits per heavy atom. The number of carbonyl (C=O) groups excluding carboxylic acids is 2. The van der Waals surface area contributed by atoms with Crippen LogP contribution in [0.4, 0.5) is 4.79 Å². The van der Waals surface area contributed by atoms with Gasteiger partial charge in [0.05, 0.1) is 25.4 Å². The number of rotatable bonds is 10. The van der Waals surface area contributed by atoms with Crippen molar-refractivity contribution in [3.8, 4) is 0 Å². The minimum Gasteiger partial charge on any atom is -0.466 e. The Hall–Kier alpha value is -1.38. The molecule has 1 rings (SSSR count). The van der Waals surface area contributed by atoms with Crippen LogP contribution in [0.2, 0.25) is 0 Å². The van der Waals surface area contributed by atoms with E-state index in [0.717, 1.165) is 12.8 Å². The molecule has 8 nitrogen and oxygen atoms in total. The first-order valence-corrected chi connectivity index (χ1v) is 11.0. The zero-order valence-corrected chi connectivity index (χ0v) is 19.9. The number of hydrogen-bond donors (Lipinski definition) is 1. The smallest absolute Gasteiger partial charge is 0.412 e. The molecule has 0 aromatic heterocycles. The topological polar surface area (TPSA) is 94.5 Å². The highest BCUT2D eigenvalue weighted by Crippen LogP contribution is 2.38. The molecule has 3 atom stereocenters. The average molecular weight is 432 g/mol. The van der Waals surface area contributed by atoms with E-state index in [1.807, 2.05) is 13.8 Å². The van der Waals surface area contributed by atoms with E-state index >= 15 is 0 Å². The summed E-state index contributed by atoms with van der Waals surface area (Å²) in [6.45, 7) is 14.8. The molecule has 1 saturated heterocycles. The number of esters is 1. The normalized spacial score (nSPS) is 22.3. The Bertz CT molecular complexity index is 554. The lowest BCUT2D eigenvalue weighted by molar-refractivity contribution is -0.145. The predicted molar refractivity (Wildman–Crippen MR) is 113 cm³/mol. The standard InChI is InChI=1S/C22H41NO7/c1-9-15(10-2)28-17(14-24)19-16(12-13-18(25)27-11-3)23(22(7,8)29-19)20(26)30-21(4,5)6/h15-17,19,24H,9-14H2,1-8H3/t16-,17+,19+/m0/s1. The van der Waals surface area contributed by atoms with Gasteiger partial charge in [0.25, 0.3) is 0 Å². The van der Waals surface area contributed by atoms with Gasteiger partial charge in [0.1, 0.15) is 23.5 Å². The van der Waals surface area contributed by atoms with Crippen LogP contribution in [0.3, 0.4) is 0 Å². The average Bonchev–Trinajstić information content (AvgIpc) is 2.90. The quantitative estimate of drug-likeness (QED) is 0.528. The van der Waals surface area contributed by atoms with Gasteiger partial charge in [0.15, 0.2) is 0 Å². The van der Waals surface area contributed by atoms with E-state index < -0.39 is 35.7 Å². The second kappa shape index (κ2) is 11.3. The molecule has 0 radical (unpaired) electrons. The zero-order chi connectivity index (χ0) is 23.1. The second-order valence-electron chi connectivity index (χ2n) is 9.09. The van der Waals surface area contributed by atoms with Crippen molar-refractivity contribution in [3.63, 3.8) is 0 Å². The highest BCUT2D eigenvalue weighted by atomic mass is 16.6.